The van der Waals surface area contributed by atoms with Gasteiger partial charge < -0.3 is 0 Å². The van der Waals surface area contributed by atoms with E-state index in [1.165, 1.54) is 9.87 Å². The maximum atomic E-state index is 12.9. The van der Waals surface area contributed by atoms with E-state index in [2.05, 4.69) is 32.5 Å². The second-order valence-corrected chi connectivity index (χ2v) is 10.5. The summed E-state index contributed by atoms with van der Waals surface area (Å²) in [6.45, 7) is 2.80. The topological polar surface area (TPSA) is 95.5 Å². The van der Waals surface area contributed by atoms with Crippen LogP contribution >= 0.6 is 22.9 Å². The van der Waals surface area contributed by atoms with Gasteiger partial charge in [-0.3, -0.25) is 15.0 Å². The highest BCUT2D eigenvalue weighted by molar-refractivity contribution is 7.91. The fourth-order valence-corrected chi connectivity index (χ4v) is 5.80. The minimum atomic E-state index is -3.76. The molecule has 31 heavy (non-hydrogen) atoms. The zero-order valence-electron chi connectivity index (χ0n) is 16.4. The quantitative estimate of drug-likeness (QED) is 0.548. The Morgan fingerprint density at radius 1 is 1.00 bits per heavy atom. The smallest absolute Gasteiger partial charge is 0.272 e. The second kappa shape index (κ2) is 9.41. The lowest BCUT2D eigenvalue weighted by Gasteiger charge is -2.33. The molecule has 0 spiro atoms. The van der Waals surface area contributed by atoms with Crippen molar-refractivity contribution in [1.82, 2.24) is 19.4 Å². The third-order valence-corrected chi connectivity index (χ3v) is 8.21. The lowest BCUT2D eigenvalue weighted by atomic mass is 10.2. The number of nitrogens with one attached hydrogen (secondary N) is 1. The van der Waals surface area contributed by atoms with Crippen molar-refractivity contribution in [2.75, 3.05) is 31.5 Å². The van der Waals surface area contributed by atoms with E-state index in [1.54, 1.807) is 24.3 Å². The van der Waals surface area contributed by atoms with E-state index in [0.29, 0.717) is 36.8 Å². The van der Waals surface area contributed by atoms with Crippen molar-refractivity contribution < 1.29 is 13.2 Å². The van der Waals surface area contributed by atoms with Crippen molar-refractivity contribution in [2.24, 2.45) is 0 Å². The van der Waals surface area contributed by atoms with Crippen LogP contribution in [0, 0.1) is 0 Å². The average Bonchev–Trinajstić information content (AvgIpc) is 3.25. The van der Waals surface area contributed by atoms with Crippen molar-refractivity contribution in [2.45, 2.75) is 10.9 Å². The Morgan fingerprint density at radius 3 is 2.35 bits per heavy atom. The van der Waals surface area contributed by atoms with Crippen LogP contribution in [0.5, 0.6) is 0 Å². The van der Waals surface area contributed by atoms with Crippen LogP contribution in [-0.2, 0) is 16.6 Å². The van der Waals surface area contributed by atoms with Crippen LogP contribution in [-0.4, -0.2) is 59.9 Å². The number of rotatable bonds is 6. The largest absolute Gasteiger partial charge is 0.296 e. The zero-order chi connectivity index (χ0) is 21.8. The van der Waals surface area contributed by atoms with Gasteiger partial charge >= 0.3 is 0 Å². The van der Waals surface area contributed by atoms with Gasteiger partial charge in [0.2, 0.25) is 9.47 Å². The molecule has 11 heteroatoms. The minimum absolute atomic E-state index is 0.126. The van der Waals surface area contributed by atoms with Crippen LogP contribution in [0.4, 0.5) is 5.13 Å². The van der Waals surface area contributed by atoms with Crippen molar-refractivity contribution in [3.05, 3.63) is 70.7 Å². The van der Waals surface area contributed by atoms with Gasteiger partial charge in [-0.25, -0.2) is 8.42 Å². The number of carbonyl (C=O) groups excluding carboxylic acids is 1. The summed E-state index contributed by atoms with van der Waals surface area (Å²) < 4.78 is 27.2. The summed E-state index contributed by atoms with van der Waals surface area (Å²) >= 11 is 6.67. The van der Waals surface area contributed by atoms with Crippen molar-refractivity contribution >= 4 is 44.0 Å². The number of hydrogen-bond donors (Lipinski definition) is 1. The molecule has 1 aliphatic heterocycles. The molecule has 1 saturated heterocycles. The van der Waals surface area contributed by atoms with Gasteiger partial charge in [0.25, 0.3) is 15.9 Å². The van der Waals surface area contributed by atoms with Gasteiger partial charge in [0.15, 0.2) is 0 Å². The second-order valence-electron chi connectivity index (χ2n) is 7.00. The van der Waals surface area contributed by atoms with Gasteiger partial charge in [-0.15, -0.1) is 10.2 Å². The van der Waals surface area contributed by atoms with Gasteiger partial charge in [-0.2, -0.15) is 4.31 Å². The predicted octanol–water partition coefficient (Wildman–Crippen LogP) is 2.95. The highest BCUT2D eigenvalue weighted by Crippen LogP contribution is 2.25. The highest BCUT2D eigenvalue weighted by atomic mass is 35.5. The first-order valence-corrected chi connectivity index (χ1v) is 12.2. The molecule has 1 amide bonds. The van der Waals surface area contributed by atoms with Crippen molar-refractivity contribution in [3.8, 4) is 0 Å². The van der Waals surface area contributed by atoms with Gasteiger partial charge in [-0.1, -0.05) is 53.3 Å². The SMILES string of the molecule is O=C(Nc1nnc(S(=O)(=O)N2CCN(Cc3ccccc3)CC2)s1)c1ccc(Cl)cc1. The van der Waals surface area contributed by atoms with Gasteiger partial charge in [0.05, 0.1) is 0 Å². The third kappa shape index (κ3) is 5.28. The Labute approximate surface area is 189 Å². The molecule has 0 saturated carbocycles. The van der Waals surface area contributed by atoms with Gasteiger partial charge in [0, 0.05) is 43.3 Å². The molecule has 0 atom stereocenters. The first kappa shape index (κ1) is 21.8. The summed E-state index contributed by atoms with van der Waals surface area (Å²) in [5.74, 6) is -0.411. The fourth-order valence-electron chi connectivity index (χ4n) is 3.22. The van der Waals surface area contributed by atoms with Gasteiger partial charge in [-0.05, 0) is 29.8 Å². The molecule has 2 aromatic carbocycles. The van der Waals surface area contributed by atoms with E-state index >= 15 is 0 Å². The standard InChI is InChI=1S/C20H20ClN5O3S2/c21-17-8-6-16(7-9-17)18(27)22-19-23-24-20(30-19)31(28,29)26-12-10-25(11-13-26)14-15-4-2-1-3-5-15/h1-9H,10-14H2,(H,22,23,27). The number of carbonyl (C=O) groups is 1. The van der Waals surface area contributed by atoms with E-state index < -0.39 is 15.9 Å². The molecule has 162 valence electrons. The molecular weight excluding hydrogens is 458 g/mol. The first-order chi connectivity index (χ1) is 14.9. The molecule has 0 radical (unpaired) electrons. The molecule has 1 aromatic heterocycles. The molecule has 0 aliphatic carbocycles. The lowest BCUT2D eigenvalue weighted by molar-refractivity contribution is 0.102. The van der Waals surface area contributed by atoms with E-state index in [-0.39, 0.29) is 9.47 Å². The first-order valence-electron chi connectivity index (χ1n) is 9.59. The monoisotopic (exact) mass is 477 g/mol. The summed E-state index contributed by atoms with van der Waals surface area (Å²) in [6.07, 6.45) is 0. The minimum Gasteiger partial charge on any atom is -0.296 e. The Kier molecular flexibility index (Phi) is 6.63. The van der Waals surface area contributed by atoms with Crippen LogP contribution in [0.2, 0.25) is 5.02 Å². The molecule has 4 rings (SSSR count). The average molecular weight is 478 g/mol. The zero-order valence-corrected chi connectivity index (χ0v) is 18.8. The van der Waals surface area contributed by atoms with E-state index in [1.807, 2.05) is 18.2 Å². The Hall–Kier alpha value is -2.37. The predicted molar refractivity (Wildman–Crippen MR) is 120 cm³/mol. The van der Waals surface area contributed by atoms with Crippen molar-refractivity contribution in [3.63, 3.8) is 0 Å². The van der Waals surface area contributed by atoms with Crippen LogP contribution in [0.25, 0.3) is 0 Å². The maximum Gasteiger partial charge on any atom is 0.272 e. The highest BCUT2D eigenvalue weighted by Gasteiger charge is 2.31. The molecule has 1 aliphatic rings. The Bertz CT molecular complexity index is 1150. The molecular formula is C20H20ClN5O3S2. The maximum absolute atomic E-state index is 12.9. The van der Waals surface area contributed by atoms with Crippen LogP contribution in [0.15, 0.2) is 58.9 Å². The van der Waals surface area contributed by atoms with Crippen molar-refractivity contribution in [1.29, 1.82) is 0 Å². The summed E-state index contributed by atoms with van der Waals surface area (Å²) in [6, 6.07) is 16.4. The van der Waals surface area contributed by atoms with Crippen LogP contribution < -0.4 is 5.32 Å². The summed E-state index contributed by atoms with van der Waals surface area (Å²) in [5, 5.41) is 10.8. The lowest BCUT2D eigenvalue weighted by Crippen LogP contribution is -2.48. The van der Waals surface area contributed by atoms with Gasteiger partial charge in [0.1, 0.15) is 0 Å². The van der Waals surface area contributed by atoms with Crippen LogP contribution in [0.1, 0.15) is 15.9 Å². The number of halogens is 1. The number of aromatic nitrogens is 2. The Morgan fingerprint density at radius 2 is 1.68 bits per heavy atom. The molecule has 1 N–H and O–H groups in total. The number of piperazine rings is 1. The number of hydrogen-bond acceptors (Lipinski definition) is 7. The molecule has 0 unspecified atom stereocenters. The number of nitrogens with zero attached hydrogens (tertiary/aromatic N) is 4. The molecule has 1 fully saturated rings. The summed E-state index contributed by atoms with van der Waals surface area (Å²) in [7, 11) is -3.76. The number of benzene rings is 2. The van der Waals surface area contributed by atoms with E-state index in [4.69, 9.17) is 11.6 Å². The van der Waals surface area contributed by atoms with E-state index in [0.717, 1.165) is 17.9 Å². The number of sulfonamides is 1. The molecule has 3 aromatic rings. The molecule has 0 bridgehead atoms. The summed E-state index contributed by atoms with van der Waals surface area (Å²) in [5.41, 5.74) is 1.59. The van der Waals surface area contributed by atoms with E-state index in [9.17, 15) is 13.2 Å². The number of anilines is 1. The third-order valence-electron chi connectivity index (χ3n) is 4.87. The van der Waals surface area contributed by atoms with Crippen LogP contribution in [0.3, 0.4) is 0 Å². The number of amides is 1. The summed E-state index contributed by atoms with van der Waals surface area (Å²) in [4.78, 5) is 14.5. The molecule has 2 heterocycles. The fraction of sp³-hybridized carbons (Fsp3) is 0.250. The molecule has 8 nitrogen and oxygen atoms in total. The normalized spacial score (nSPS) is 15.6. The Balaban J connectivity index is 1.36.